The van der Waals surface area contributed by atoms with Crippen LogP contribution in [-0.4, -0.2) is 39.3 Å². The molecule has 0 aliphatic rings. The van der Waals surface area contributed by atoms with Crippen molar-refractivity contribution in [1.29, 1.82) is 0 Å². The molecule has 0 spiro atoms. The molecule has 0 atom stereocenters. The monoisotopic (exact) mass is 317 g/mol. The Balaban J connectivity index is 2.75. The van der Waals surface area contributed by atoms with Crippen LogP contribution in [0.4, 0.5) is 0 Å². The molecule has 0 fully saturated rings. The highest BCUT2D eigenvalue weighted by Crippen LogP contribution is 2.24. The lowest BCUT2D eigenvalue weighted by Crippen LogP contribution is -2.16. The molecule has 21 heavy (non-hydrogen) atoms. The summed E-state index contributed by atoms with van der Waals surface area (Å²) in [5, 5.41) is 13.9. The number of carboxylic acid groups (broad SMARTS) is 1. The minimum absolute atomic E-state index is 0.0154. The fraction of sp³-hybridized carbons (Fsp3) is 0.462. The summed E-state index contributed by atoms with van der Waals surface area (Å²) in [5.74, 6) is -1.23. The Labute approximate surface area is 123 Å². The molecule has 118 valence electrons. The SMILES string of the molecule is CCCCOCCOc1ccc(C(=O)O)cc1S(N)(=O)=O. The fourth-order valence-electron chi connectivity index (χ4n) is 1.54. The van der Waals surface area contributed by atoms with Crippen molar-refractivity contribution in [1.82, 2.24) is 0 Å². The van der Waals surface area contributed by atoms with Gasteiger partial charge in [0, 0.05) is 6.61 Å². The predicted molar refractivity (Wildman–Crippen MR) is 76.0 cm³/mol. The summed E-state index contributed by atoms with van der Waals surface area (Å²) in [6.07, 6.45) is 1.96. The van der Waals surface area contributed by atoms with E-state index < -0.39 is 16.0 Å². The summed E-state index contributed by atoms with van der Waals surface area (Å²) in [7, 11) is -4.07. The molecule has 0 saturated heterocycles. The molecule has 8 heteroatoms. The molecule has 3 N–H and O–H groups in total. The molecular formula is C13H19NO6S. The number of hydrogen-bond acceptors (Lipinski definition) is 5. The van der Waals surface area contributed by atoms with Gasteiger partial charge >= 0.3 is 5.97 Å². The predicted octanol–water partition coefficient (Wildman–Crippen LogP) is 1.23. The summed E-state index contributed by atoms with van der Waals surface area (Å²) in [6.45, 7) is 3.12. The standard InChI is InChI=1S/C13H19NO6S/c1-2-3-6-19-7-8-20-11-5-4-10(13(15)16)9-12(11)21(14,17)18/h4-5,9H,2-3,6-8H2,1H3,(H,15,16)(H2,14,17,18). The van der Waals surface area contributed by atoms with Gasteiger partial charge in [0.15, 0.2) is 0 Å². The molecule has 1 aromatic rings. The smallest absolute Gasteiger partial charge is 0.335 e. The Hall–Kier alpha value is -1.64. The van der Waals surface area contributed by atoms with Gasteiger partial charge in [-0.25, -0.2) is 18.4 Å². The van der Waals surface area contributed by atoms with Gasteiger partial charge in [-0.1, -0.05) is 13.3 Å². The lowest BCUT2D eigenvalue weighted by molar-refractivity contribution is 0.0696. The van der Waals surface area contributed by atoms with Crippen LogP contribution in [-0.2, 0) is 14.8 Å². The van der Waals surface area contributed by atoms with Crippen molar-refractivity contribution in [2.45, 2.75) is 24.7 Å². The second-order valence-electron chi connectivity index (χ2n) is 4.33. The lowest BCUT2D eigenvalue weighted by Gasteiger charge is -2.11. The largest absolute Gasteiger partial charge is 0.490 e. The van der Waals surface area contributed by atoms with Gasteiger partial charge in [0.25, 0.3) is 0 Å². The van der Waals surface area contributed by atoms with Crippen molar-refractivity contribution in [2.24, 2.45) is 5.14 Å². The van der Waals surface area contributed by atoms with Crippen molar-refractivity contribution < 1.29 is 27.8 Å². The van der Waals surface area contributed by atoms with Crippen LogP contribution in [0.5, 0.6) is 5.75 Å². The zero-order valence-corrected chi connectivity index (χ0v) is 12.6. The number of hydrogen-bond donors (Lipinski definition) is 2. The normalized spacial score (nSPS) is 11.3. The van der Waals surface area contributed by atoms with E-state index in [0.717, 1.165) is 18.9 Å². The maximum Gasteiger partial charge on any atom is 0.335 e. The third kappa shape index (κ3) is 5.70. The van der Waals surface area contributed by atoms with Crippen molar-refractivity contribution >= 4 is 16.0 Å². The van der Waals surface area contributed by atoms with Gasteiger partial charge in [-0.15, -0.1) is 0 Å². The Bertz CT molecular complexity index is 584. The van der Waals surface area contributed by atoms with E-state index in [1.165, 1.54) is 12.1 Å². The van der Waals surface area contributed by atoms with Gasteiger partial charge in [0.2, 0.25) is 10.0 Å². The molecule has 0 heterocycles. The molecule has 0 radical (unpaired) electrons. The van der Waals surface area contributed by atoms with Gasteiger partial charge in [0.05, 0.1) is 12.2 Å². The lowest BCUT2D eigenvalue weighted by atomic mass is 10.2. The van der Waals surface area contributed by atoms with E-state index in [-0.39, 0.29) is 22.8 Å². The average molecular weight is 317 g/mol. The number of rotatable bonds is 9. The minimum Gasteiger partial charge on any atom is -0.490 e. The number of sulfonamides is 1. The Kier molecular flexibility index (Phi) is 6.60. The molecule has 0 amide bonds. The average Bonchev–Trinajstić information content (AvgIpc) is 2.41. The molecule has 0 unspecified atom stereocenters. The molecule has 7 nitrogen and oxygen atoms in total. The minimum atomic E-state index is -4.07. The van der Waals surface area contributed by atoms with E-state index in [9.17, 15) is 13.2 Å². The highest BCUT2D eigenvalue weighted by Gasteiger charge is 2.18. The van der Waals surface area contributed by atoms with Crippen molar-refractivity contribution in [3.05, 3.63) is 23.8 Å². The Morgan fingerprint density at radius 2 is 2.00 bits per heavy atom. The van der Waals surface area contributed by atoms with Crippen molar-refractivity contribution in [3.63, 3.8) is 0 Å². The summed E-state index contributed by atoms with van der Waals surface area (Å²) < 4.78 is 33.5. The number of nitrogens with two attached hydrogens (primary N) is 1. The number of unbranched alkanes of at least 4 members (excludes halogenated alkanes) is 1. The Morgan fingerprint density at radius 1 is 1.29 bits per heavy atom. The highest BCUT2D eigenvalue weighted by atomic mass is 32.2. The van der Waals surface area contributed by atoms with Crippen LogP contribution in [0.15, 0.2) is 23.1 Å². The molecule has 0 aromatic heterocycles. The summed E-state index contributed by atoms with van der Waals surface area (Å²) in [5.41, 5.74) is -0.175. The van der Waals surface area contributed by atoms with Crippen LogP contribution < -0.4 is 9.88 Å². The van der Waals surface area contributed by atoms with E-state index in [4.69, 9.17) is 19.7 Å². The van der Waals surface area contributed by atoms with Gasteiger partial charge in [0.1, 0.15) is 17.3 Å². The molecule has 1 rings (SSSR count). The van der Waals surface area contributed by atoms with E-state index >= 15 is 0 Å². The van der Waals surface area contributed by atoms with Gasteiger partial charge in [-0.3, -0.25) is 0 Å². The van der Waals surface area contributed by atoms with Crippen molar-refractivity contribution in [2.75, 3.05) is 19.8 Å². The first kappa shape index (κ1) is 17.4. The van der Waals surface area contributed by atoms with Crippen LogP contribution in [0.25, 0.3) is 0 Å². The molecular weight excluding hydrogens is 298 g/mol. The second-order valence-corrected chi connectivity index (χ2v) is 5.86. The van der Waals surface area contributed by atoms with Gasteiger partial charge in [-0.05, 0) is 24.6 Å². The number of aromatic carboxylic acids is 1. The molecule has 0 aliphatic carbocycles. The third-order valence-electron chi connectivity index (χ3n) is 2.62. The van der Waals surface area contributed by atoms with Crippen LogP contribution in [0.3, 0.4) is 0 Å². The maximum absolute atomic E-state index is 11.5. The second kappa shape index (κ2) is 7.96. The topological polar surface area (TPSA) is 116 Å². The molecule has 1 aromatic carbocycles. The van der Waals surface area contributed by atoms with E-state index in [0.29, 0.717) is 13.2 Å². The van der Waals surface area contributed by atoms with E-state index in [2.05, 4.69) is 0 Å². The summed E-state index contributed by atoms with van der Waals surface area (Å²) in [4.78, 5) is 10.5. The first-order valence-corrected chi connectivity index (χ1v) is 8.01. The Morgan fingerprint density at radius 3 is 2.57 bits per heavy atom. The van der Waals surface area contributed by atoms with Gasteiger partial charge < -0.3 is 14.6 Å². The quantitative estimate of drug-likeness (QED) is 0.662. The van der Waals surface area contributed by atoms with Crippen molar-refractivity contribution in [3.8, 4) is 5.75 Å². The zero-order chi connectivity index (χ0) is 15.9. The summed E-state index contributed by atoms with van der Waals surface area (Å²) in [6, 6.07) is 3.50. The zero-order valence-electron chi connectivity index (χ0n) is 11.7. The molecule has 0 bridgehead atoms. The van der Waals surface area contributed by atoms with Crippen LogP contribution in [0.2, 0.25) is 0 Å². The first-order valence-electron chi connectivity index (χ1n) is 6.47. The number of ether oxygens (including phenoxy) is 2. The number of carboxylic acids is 1. The van der Waals surface area contributed by atoms with Crippen LogP contribution in [0, 0.1) is 0 Å². The first-order chi connectivity index (χ1) is 9.86. The van der Waals surface area contributed by atoms with E-state index in [1.807, 2.05) is 6.92 Å². The number of primary sulfonamides is 1. The van der Waals surface area contributed by atoms with Crippen LogP contribution in [0.1, 0.15) is 30.1 Å². The molecule has 0 saturated carbocycles. The fourth-order valence-corrected chi connectivity index (χ4v) is 2.24. The number of benzene rings is 1. The molecule has 0 aliphatic heterocycles. The maximum atomic E-state index is 11.5. The third-order valence-corrected chi connectivity index (χ3v) is 3.56. The van der Waals surface area contributed by atoms with E-state index in [1.54, 1.807) is 0 Å². The summed E-state index contributed by atoms with van der Waals surface area (Å²) >= 11 is 0. The highest BCUT2D eigenvalue weighted by molar-refractivity contribution is 7.89. The number of carbonyl (C=O) groups is 1. The van der Waals surface area contributed by atoms with Crippen LogP contribution >= 0.6 is 0 Å². The van der Waals surface area contributed by atoms with Gasteiger partial charge in [-0.2, -0.15) is 0 Å².